The molecule has 0 fully saturated rings. The minimum atomic E-state index is -4.50. The van der Waals surface area contributed by atoms with Crippen LogP contribution in [-0.2, 0) is 6.18 Å². The molecule has 0 saturated heterocycles. The van der Waals surface area contributed by atoms with Gasteiger partial charge in [0.15, 0.2) is 0 Å². The molecule has 3 heterocycles. The number of H-pyrrole nitrogens is 1. The summed E-state index contributed by atoms with van der Waals surface area (Å²) in [6.07, 6.45) is 10.9. The second-order valence-corrected chi connectivity index (χ2v) is 15.7. The Morgan fingerprint density at radius 2 is 1.23 bits per heavy atom. The van der Waals surface area contributed by atoms with Crippen LogP contribution in [0.2, 0.25) is 0 Å². The van der Waals surface area contributed by atoms with Gasteiger partial charge in [-0.05, 0) is 78.4 Å². The second-order valence-electron chi connectivity index (χ2n) is 14.6. The summed E-state index contributed by atoms with van der Waals surface area (Å²) in [7, 11) is 0. The van der Waals surface area contributed by atoms with Gasteiger partial charge in [-0.3, -0.25) is 0 Å². The van der Waals surface area contributed by atoms with E-state index < -0.39 is 11.7 Å². The van der Waals surface area contributed by atoms with Crippen molar-refractivity contribution in [3.63, 3.8) is 0 Å². The van der Waals surface area contributed by atoms with Gasteiger partial charge in [0, 0.05) is 53.7 Å². The van der Waals surface area contributed by atoms with E-state index in [1.165, 1.54) is 0 Å². The molecule has 0 saturated carbocycles. The summed E-state index contributed by atoms with van der Waals surface area (Å²) in [6, 6.07) is 40.7. The van der Waals surface area contributed by atoms with Crippen molar-refractivity contribution in [2.75, 3.05) is 0 Å². The third-order valence-electron chi connectivity index (χ3n) is 10.8. The molecule has 1 aliphatic heterocycles. The first-order valence-electron chi connectivity index (χ1n) is 20.1. The highest BCUT2D eigenvalue weighted by Gasteiger charge is 2.35. The summed E-state index contributed by atoms with van der Waals surface area (Å²) in [4.78, 5) is 9.66. The van der Waals surface area contributed by atoms with Gasteiger partial charge in [0.1, 0.15) is 0 Å². The molecular formula is C55H43F3N2S. The lowest BCUT2D eigenvalue weighted by atomic mass is 9.85. The molecule has 8 rings (SSSR count). The van der Waals surface area contributed by atoms with E-state index in [2.05, 4.69) is 85.7 Å². The zero-order valence-corrected chi connectivity index (χ0v) is 35.0. The van der Waals surface area contributed by atoms with Gasteiger partial charge in [0.05, 0.1) is 22.7 Å². The number of allylic oxidation sites excluding steroid dienone is 12. The lowest BCUT2D eigenvalue weighted by Gasteiger charge is -2.18. The van der Waals surface area contributed by atoms with Crippen molar-refractivity contribution in [3.05, 3.63) is 240 Å². The molecule has 0 aliphatic carbocycles. The Hall–Kier alpha value is -7.02. The van der Waals surface area contributed by atoms with Crippen LogP contribution in [0, 0.1) is 6.92 Å². The standard InChI is InChI=1S/C55H43F3N2S/c1-6-19-39(20-7-2)51-35(5)46(36-23-12-10-13-24-36)53(59-51)50(43-28-18-30-45-49(43)42-27-16-17-29-44(42)61-45)54-48(37-25-14-11-15-26-37)47(52(60-54)40(21-8-3)22-9-4)38-31-33-41(34-32-38)55(56,57)58/h6-34,59H,1,3H2,2,4-5H3/b20-7-,22-9-,39-19+,40-21+,54-50-. The molecule has 1 aliphatic rings. The Labute approximate surface area is 358 Å². The van der Waals surface area contributed by atoms with Crippen LogP contribution in [0.3, 0.4) is 0 Å². The fourth-order valence-electron chi connectivity index (χ4n) is 8.29. The number of aliphatic imine (C=N–C) groups is 1. The number of hydrogen-bond acceptors (Lipinski definition) is 2. The maximum atomic E-state index is 14.1. The van der Waals surface area contributed by atoms with E-state index in [1.807, 2.05) is 92.8 Å². The van der Waals surface area contributed by atoms with Crippen molar-refractivity contribution < 1.29 is 13.2 Å². The summed E-state index contributed by atoms with van der Waals surface area (Å²) in [6.45, 7) is 14.2. The lowest BCUT2D eigenvalue weighted by molar-refractivity contribution is -0.137. The van der Waals surface area contributed by atoms with Gasteiger partial charge in [-0.2, -0.15) is 13.2 Å². The molecule has 0 unspecified atom stereocenters. The molecule has 300 valence electrons. The van der Waals surface area contributed by atoms with Crippen molar-refractivity contribution in [2.45, 2.75) is 26.9 Å². The Balaban J connectivity index is 1.64. The average Bonchev–Trinajstić information content (AvgIpc) is 3.96. The van der Waals surface area contributed by atoms with E-state index in [-0.39, 0.29) is 0 Å². The minimum absolute atomic E-state index is 0.606. The molecule has 61 heavy (non-hydrogen) atoms. The van der Waals surface area contributed by atoms with Gasteiger partial charge in [0.25, 0.3) is 0 Å². The third-order valence-corrected chi connectivity index (χ3v) is 12.0. The number of aromatic nitrogens is 1. The van der Waals surface area contributed by atoms with Crippen LogP contribution in [0.1, 0.15) is 53.1 Å². The molecule has 0 spiro atoms. The van der Waals surface area contributed by atoms with Crippen LogP contribution in [0.5, 0.6) is 0 Å². The summed E-state index contributed by atoms with van der Waals surface area (Å²) in [5, 5.41) is 2.22. The molecule has 6 heteroatoms. The van der Waals surface area contributed by atoms with Crippen molar-refractivity contribution in [3.8, 4) is 11.1 Å². The molecule has 2 aromatic heterocycles. The van der Waals surface area contributed by atoms with E-state index in [0.29, 0.717) is 22.5 Å². The maximum absolute atomic E-state index is 14.1. The zero-order chi connectivity index (χ0) is 42.7. The Kier molecular flexibility index (Phi) is 11.6. The van der Waals surface area contributed by atoms with Gasteiger partial charge in [-0.15, -0.1) is 11.3 Å². The highest BCUT2D eigenvalue weighted by Crippen LogP contribution is 2.51. The van der Waals surface area contributed by atoms with E-state index >= 15 is 0 Å². The van der Waals surface area contributed by atoms with Gasteiger partial charge in [-0.1, -0.05) is 165 Å². The van der Waals surface area contributed by atoms with Crippen LogP contribution in [0.25, 0.3) is 53.6 Å². The van der Waals surface area contributed by atoms with Gasteiger partial charge >= 0.3 is 6.18 Å². The van der Waals surface area contributed by atoms with Crippen molar-refractivity contribution >= 4 is 59.5 Å². The number of fused-ring (bicyclic) bond motifs is 3. The first-order valence-corrected chi connectivity index (χ1v) is 20.9. The van der Waals surface area contributed by atoms with Crippen molar-refractivity contribution in [1.82, 2.24) is 4.98 Å². The van der Waals surface area contributed by atoms with Crippen LogP contribution in [0.4, 0.5) is 13.2 Å². The molecule has 0 amide bonds. The second kappa shape index (κ2) is 17.3. The molecule has 2 nitrogen and oxygen atoms in total. The van der Waals surface area contributed by atoms with Crippen LogP contribution in [-0.4, -0.2) is 10.7 Å². The average molecular weight is 821 g/mol. The summed E-state index contributed by atoms with van der Waals surface area (Å²) in [5.41, 5.74) is 12.0. The van der Waals surface area contributed by atoms with Gasteiger partial charge < -0.3 is 4.98 Å². The largest absolute Gasteiger partial charge is 0.416 e. The van der Waals surface area contributed by atoms with Crippen LogP contribution in [0.15, 0.2) is 205 Å². The predicted molar refractivity (Wildman–Crippen MR) is 255 cm³/mol. The zero-order valence-electron chi connectivity index (χ0n) is 34.1. The number of alkyl halides is 3. The quantitative estimate of drug-likeness (QED) is 0.126. The van der Waals surface area contributed by atoms with Crippen molar-refractivity contribution in [2.24, 2.45) is 4.99 Å². The highest BCUT2D eigenvalue weighted by atomic mass is 32.1. The Morgan fingerprint density at radius 1 is 0.639 bits per heavy atom. The first-order chi connectivity index (χ1) is 29.7. The topological polar surface area (TPSA) is 28.1 Å². The molecule has 5 aromatic carbocycles. The molecule has 0 radical (unpaired) electrons. The first kappa shape index (κ1) is 40.7. The molecule has 7 aromatic rings. The number of benzene rings is 5. The summed E-state index contributed by atoms with van der Waals surface area (Å²) in [5.74, 6) is 0. The molecular weight excluding hydrogens is 778 g/mol. The smallest absolute Gasteiger partial charge is 0.354 e. The fraction of sp³-hybridized carbons (Fsp3) is 0.0727. The number of rotatable bonds is 11. The number of halogens is 3. The van der Waals surface area contributed by atoms with E-state index in [4.69, 9.17) is 4.99 Å². The monoisotopic (exact) mass is 820 g/mol. The number of thiophene rings is 1. The SMILES string of the molecule is C=C/C=C(\C=C/C)C1=N/C(=C(\c2[nH]c(C(/C=C\C)=C/C=C)c(C)c2-c2ccccc2)c2cccc3sc4ccccc4c23)C(c2ccccc2)=C1c1ccc(C(F)(F)F)cc1. The summed E-state index contributed by atoms with van der Waals surface area (Å²) < 4.78 is 44.5. The number of nitrogens with one attached hydrogen (secondary N) is 1. The van der Waals surface area contributed by atoms with Crippen LogP contribution < -0.4 is 0 Å². The molecule has 0 bridgehead atoms. The third kappa shape index (κ3) is 7.67. The molecule has 0 atom stereocenters. The maximum Gasteiger partial charge on any atom is 0.416 e. The van der Waals surface area contributed by atoms with E-state index in [1.54, 1.807) is 35.6 Å². The van der Waals surface area contributed by atoms with Gasteiger partial charge in [0.2, 0.25) is 0 Å². The Bertz CT molecular complexity index is 3030. The number of nitrogens with zero attached hydrogens (tertiary/aromatic N) is 1. The van der Waals surface area contributed by atoms with Crippen molar-refractivity contribution in [1.29, 1.82) is 0 Å². The summed E-state index contributed by atoms with van der Waals surface area (Å²) >= 11 is 1.74. The van der Waals surface area contributed by atoms with Gasteiger partial charge in [-0.25, -0.2) is 4.99 Å². The van der Waals surface area contributed by atoms with Crippen LogP contribution >= 0.6 is 11.3 Å². The minimum Gasteiger partial charge on any atom is -0.354 e. The van der Waals surface area contributed by atoms with E-state index in [9.17, 15) is 13.2 Å². The molecule has 1 N–H and O–H groups in total. The fourth-order valence-corrected chi connectivity index (χ4v) is 9.42. The highest BCUT2D eigenvalue weighted by molar-refractivity contribution is 7.25. The number of hydrogen-bond donors (Lipinski definition) is 1. The predicted octanol–water partition coefficient (Wildman–Crippen LogP) is 16.0. The number of aromatic amines is 1. The Morgan fingerprint density at radius 3 is 1.89 bits per heavy atom. The lowest BCUT2D eigenvalue weighted by Crippen LogP contribution is -2.06. The normalized spacial score (nSPS) is 14.8. The van der Waals surface area contributed by atoms with E-state index in [0.717, 1.165) is 93.8 Å².